The molecule has 1 amide bonds. The summed E-state index contributed by atoms with van der Waals surface area (Å²) in [5, 5.41) is 7.19. The predicted octanol–water partition coefficient (Wildman–Crippen LogP) is 2.31. The first-order valence-electron chi connectivity index (χ1n) is 6.94. The second-order valence-corrected chi connectivity index (χ2v) is 5.89. The minimum absolute atomic E-state index is 0. The summed E-state index contributed by atoms with van der Waals surface area (Å²) in [7, 11) is 0. The Hall–Kier alpha value is -1.07. The van der Waals surface area contributed by atoms with Crippen LogP contribution in [-0.4, -0.2) is 28.3 Å². The minimum atomic E-state index is -0.117. The lowest BCUT2D eigenvalue weighted by molar-refractivity contribution is 0.0935. The molecule has 0 saturated heterocycles. The third-order valence-corrected chi connectivity index (χ3v) is 3.06. The Morgan fingerprint density at radius 3 is 2.60 bits per heavy atom. The molecule has 0 aliphatic carbocycles. The van der Waals surface area contributed by atoms with E-state index < -0.39 is 0 Å². The fraction of sp³-hybridized carbons (Fsp3) is 0.714. The molecule has 116 valence electrons. The fourth-order valence-electron chi connectivity index (χ4n) is 1.78. The van der Waals surface area contributed by atoms with Gasteiger partial charge in [0.25, 0.3) is 5.91 Å². The van der Waals surface area contributed by atoms with Crippen LogP contribution in [0.1, 0.15) is 57.3 Å². The number of hydrogen-bond donors (Lipinski definition) is 2. The van der Waals surface area contributed by atoms with E-state index in [1.807, 2.05) is 20.8 Å². The van der Waals surface area contributed by atoms with Crippen LogP contribution in [0.15, 0.2) is 12.4 Å². The first-order valence-corrected chi connectivity index (χ1v) is 6.94. The van der Waals surface area contributed by atoms with Gasteiger partial charge in [0.2, 0.25) is 0 Å². The lowest BCUT2D eigenvalue weighted by Crippen LogP contribution is -2.40. The van der Waals surface area contributed by atoms with Crippen LogP contribution in [0, 0.1) is 0 Å². The Labute approximate surface area is 127 Å². The highest BCUT2D eigenvalue weighted by molar-refractivity contribution is 5.93. The molecule has 0 aliphatic rings. The molecule has 5 nitrogen and oxygen atoms in total. The van der Waals surface area contributed by atoms with Gasteiger partial charge >= 0.3 is 0 Å². The summed E-state index contributed by atoms with van der Waals surface area (Å²) in [6.45, 7) is 8.74. The molecular formula is C14H27ClN4O. The number of nitrogens with zero attached hydrogens (tertiary/aromatic N) is 2. The molecule has 0 bridgehead atoms. The highest BCUT2D eigenvalue weighted by Gasteiger charge is 2.18. The van der Waals surface area contributed by atoms with Crippen molar-refractivity contribution in [2.75, 3.05) is 6.54 Å². The van der Waals surface area contributed by atoms with Crippen molar-refractivity contribution in [3.05, 3.63) is 18.0 Å². The molecule has 1 rings (SSSR count). The average molecular weight is 303 g/mol. The van der Waals surface area contributed by atoms with Gasteiger partial charge in [-0.15, -0.1) is 12.4 Å². The van der Waals surface area contributed by atoms with Crippen molar-refractivity contribution in [2.24, 2.45) is 5.73 Å². The van der Waals surface area contributed by atoms with Crippen molar-refractivity contribution in [1.29, 1.82) is 0 Å². The second-order valence-electron chi connectivity index (χ2n) is 5.89. The van der Waals surface area contributed by atoms with Gasteiger partial charge in [-0.1, -0.05) is 19.8 Å². The van der Waals surface area contributed by atoms with E-state index >= 15 is 0 Å². The normalized spacial score (nSPS) is 12.7. The minimum Gasteiger partial charge on any atom is -0.348 e. The summed E-state index contributed by atoms with van der Waals surface area (Å²) in [6, 6.07) is 0.0467. The van der Waals surface area contributed by atoms with Crippen LogP contribution in [0.2, 0.25) is 0 Å². The van der Waals surface area contributed by atoms with Gasteiger partial charge in [0, 0.05) is 18.8 Å². The second kappa shape index (κ2) is 8.27. The van der Waals surface area contributed by atoms with Gasteiger partial charge in [-0.25, -0.2) is 0 Å². The number of carbonyl (C=O) groups is 1. The Morgan fingerprint density at radius 2 is 2.15 bits per heavy atom. The standard InChI is InChI=1S/C14H26N4O.ClH/c1-5-6-7-12(8-15)17-13(19)11-9-16-18(10-11)14(2,3)4;/h9-10,12H,5-8,15H2,1-4H3,(H,17,19);1H. The maximum atomic E-state index is 12.1. The van der Waals surface area contributed by atoms with Crippen molar-refractivity contribution < 1.29 is 4.79 Å². The van der Waals surface area contributed by atoms with Crippen molar-refractivity contribution >= 4 is 18.3 Å². The summed E-state index contributed by atoms with van der Waals surface area (Å²) in [4.78, 5) is 12.1. The average Bonchev–Trinajstić information content (AvgIpc) is 2.83. The molecule has 0 fully saturated rings. The SMILES string of the molecule is CCCCC(CN)NC(=O)c1cnn(C(C)(C)C)c1.Cl. The van der Waals surface area contributed by atoms with E-state index in [1.54, 1.807) is 17.1 Å². The molecule has 0 radical (unpaired) electrons. The monoisotopic (exact) mass is 302 g/mol. The van der Waals surface area contributed by atoms with Gasteiger partial charge in [-0.05, 0) is 27.2 Å². The maximum absolute atomic E-state index is 12.1. The fourth-order valence-corrected chi connectivity index (χ4v) is 1.78. The highest BCUT2D eigenvalue weighted by Crippen LogP contribution is 2.13. The van der Waals surface area contributed by atoms with Gasteiger partial charge in [0.15, 0.2) is 0 Å². The van der Waals surface area contributed by atoms with E-state index in [9.17, 15) is 4.79 Å². The van der Waals surface area contributed by atoms with Crippen LogP contribution in [0.4, 0.5) is 0 Å². The molecule has 20 heavy (non-hydrogen) atoms. The van der Waals surface area contributed by atoms with Crippen LogP contribution in [0.3, 0.4) is 0 Å². The lowest BCUT2D eigenvalue weighted by Gasteiger charge is -2.19. The highest BCUT2D eigenvalue weighted by atomic mass is 35.5. The van der Waals surface area contributed by atoms with E-state index in [4.69, 9.17) is 5.73 Å². The summed E-state index contributed by atoms with van der Waals surface area (Å²) in [5.74, 6) is -0.0953. The van der Waals surface area contributed by atoms with Gasteiger partial charge in [-0.3, -0.25) is 9.48 Å². The molecule has 0 aliphatic heterocycles. The van der Waals surface area contributed by atoms with Crippen molar-refractivity contribution in [3.63, 3.8) is 0 Å². The zero-order valence-corrected chi connectivity index (χ0v) is 13.7. The Balaban J connectivity index is 0.00000361. The number of hydrogen-bond acceptors (Lipinski definition) is 3. The largest absolute Gasteiger partial charge is 0.348 e. The number of nitrogens with two attached hydrogens (primary N) is 1. The zero-order valence-electron chi connectivity index (χ0n) is 12.8. The van der Waals surface area contributed by atoms with Crippen molar-refractivity contribution in [1.82, 2.24) is 15.1 Å². The van der Waals surface area contributed by atoms with E-state index in [-0.39, 0.29) is 29.9 Å². The van der Waals surface area contributed by atoms with Crippen molar-refractivity contribution in [2.45, 2.75) is 58.5 Å². The van der Waals surface area contributed by atoms with Gasteiger partial charge in [-0.2, -0.15) is 5.10 Å². The number of rotatable bonds is 6. The van der Waals surface area contributed by atoms with Gasteiger partial charge in [0.05, 0.1) is 17.3 Å². The third kappa shape index (κ3) is 5.51. The predicted molar refractivity (Wildman–Crippen MR) is 84.3 cm³/mol. The van der Waals surface area contributed by atoms with Crippen LogP contribution >= 0.6 is 12.4 Å². The molecule has 1 atom stereocenters. The molecule has 3 N–H and O–H groups in total. The van der Waals surface area contributed by atoms with Gasteiger partial charge < -0.3 is 11.1 Å². The molecule has 0 aromatic carbocycles. The van der Waals surface area contributed by atoms with E-state index in [2.05, 4.69) is 17.3 Å². The molecule has 0 spiro atoms. The smallest absolute Gasteiger partial charge is 0.254 e. The molecule has 6 heteroatoms. The van der Waals surface area contributed by atoms with E-state index in [1.165, 1.54) is 0 Å². The van der Waals surface area contributed by atoms with Gasteiger partial charge in [0.1, 0.15) is 0 Å². The number of nitrogens with one attached hydrogen (secondary N) is 1. The maximum Gasteiger partial charge on any atom is 0.254 e. The summed E-state index contributed by atoms with van der Waals surface area (Å²) in [5.41, 5.74) is 6.15. The summed E-state index contributed by atoms with van der Waals surface area (Å²) < 4.78 is 1.80. The zero-order chi connectivity index (χ0) is 14.5. The Bertz CT molecular complexity index is 412. The topological polar surface area (TPSA) is 72.9 Å². The molecule has 1 aromatic heterocycles. The number of amides is 1. The lowest BCUT2D eigenvalue weighted by atomic mass is 10.1. The van der Waals surface area contributed by atoms with Crippen LogP contribution in [0.25, 0.3) is 0 Å². The van der Waals surface area contributed by atoms with E-state index in [0.29, 0.717) is 12.1 Å². The first kappa shape index (κ1) is 18.9. The number of halogens is 1. The molecular weight excluding hydrogens is 276 g/mol. The summed E-state index contributed by atoms with van der Waals surface area (Å²) >= 11 is 0. The van der Waals surface area contributed by atoms with Crippen LogP contribution in [-0.2, 0) is 5.54 Å². The van der Waals surface area contributed by atoms with E-state index in [0.717, 1.165) is 19.3 Å². The van der Waals surface area contributed by atoms with Crippen molar-refractivity contribution in [3.8, 4) is 0 Å². The molecule has 1 aromatic rings. The molecule has 0 saturated carbocycles. The molecule has 1 heterocycles. The van der Waals surface area contributed by atoms with Crippen LogP contribution < -0.4 is 11.1 Å². The number of carbonyl (C=O) groups excluding carboxylic acids is 1. The van der Waals surface area contributed by atoms with Crippen LogP contribution in [0.5, 0.6) is 0 Å². The Morgan fingerprint density at radius 1 is 1.50 bits per heavy atom. The quantitative estimate of drug-likeness (QED) is 0.847. The summed E-state index contributed by atoms with van der Waals surface area (Å²) in [6.07, 6.45) is 6.49. The molecule has 1 unspecified atom stereocenters. The number of aromatic nitrogens is 2. The first-order chi connectivity index (χ1) is 8.88. The number of unbranched alkanes of at least 4 members (excludes halogenated alkanes) is 1. The Kier molecular flexibility index (Phi) is 7.83. The third-order valence-electron chi connectivity index (χ3n) is 3.06.